The second kappa shape index (κ2) is 18.4. The summed E-state index contributed by atoms with van der Waals surface area (Å²) >= 11 is 0. The van der Waals surface area contributed by atoms with Crippen molar-refractivity contribution in [1.82, 2.24) is 20.4 Å². The Hall–Kier alpha value is -3.52. The number of benzene rings is 2. The van der Waals surface area contributed by atoms with E-state index in [-0.39, 0.29) is 29.5 Å². The Balaban J connectivity index is 0.000000297. The van der Waals surface area contributed by atoms with Gasteiger partial charge in [-0.2, -0.15) is 0 Å². The number of carbonyl (C=O) groups is 4. The summed E-state index contributed by atoms with van der Waals surface area (Å²) in [4.78, 5) is 53.5. The highest BCUT2D eigenvalue weighted by molar-refractivity contribution is 6.32. The lowest BCUT2D eigenvalue weighted by Gasteiger charge is -2.26. The maximum absolute atomic E-state index is 13.2. The van der Waals surface area contributed by atoms with Crippen molar-refractivity contribution in [1.29, 1.82) is 0 Å². The van der Waals surface area contributed by atoms with Crippen molar-refractivity contribution in [3.05, 3.63) is 58.7 Å². The molecule has 0 radical (unpaired) electrons. The maximum atomic E-state index is 13.2. The Morgan fingerprint density at radius 1 is 0.756 bits per heavy atom. The van der Waals surface area contributed by atoms with Gasteiger partial charge in [-0.25, -0.2) is 0 Å². The van der Waals surface area contributed by atoms with Crippen LogP contribution in [0.5, 0.6) is 0 Å². The predicted molar refractivity (Wildman–Crippen MR) is 173 cm³/mol. The van der Waals surface area contributed by atoms with Crippen LogP contribution in [0.3, 0.4) is 0 Å². The van der Waals surface area contributed by atoms with Gasteiger partial charge in [-0.1, -0.05) is 24.3 Å². The lowest BCUT2D eigenvalue weighted by atomic mass is 9.82. The minimum atomic E-state index is -0.258. The van der Waals surface area contributed by atoms with Crippen molar-refractivity contribution < 1.29 is 28.7 Å². The van der Waals surface area contributed by atoms with Crippen LogP contribution in [-0.4, -0.2) is 132 Å². The van der Waals surface area contributed by atoms with Gasteiger partial charge < -0.3 is 35.5 Å². The summed E-state index contributed by atoms with van der Waals surface area (Å²) in [5, 5.41) is 12.3. The summed E-state index contributed by atoms with van der Waals surface area (Å²) in [5.41, 5.74) is 2.28. The first-order valence-corrected chi connectivity index (χ1v) is 15.8. The molecule has 0 bridgehead atoms. The first kappa shape index (κ1) is 34.4. The fraction of sp³-hybridized carbons (Fsp3) is 0.515. The molecule has 0 unspecified atom stereocenters. The van der Waals surface area contributed by atoms with E-state index in [1.807, 2.05) is 0 Å². The number of morpholine rings is 2. The van der Waals surface area contributed by atoms with E-state index in [1.54, 1.807) is 43.4 Å². The van der Waals surface area contributed by atoms with Crippen LogP contribution in [0, 0.1) is 0 Å². The minimum absolute atomic E-state index is 0.202. The van der Waals surface area contributed by atoms with E-state index in [9.17, 15) is 19.2 Å². The number of hydrogen-bond donors (Lipinski definition) is 4. The second-order valence-corrected chi connectivity index (χ2v) is 11.0. The number of aldehydes is 1. The lowest BCUT2D eigenvalue weighted by Crippen LogP contribution is -2.40. The molecule has 2 saturated heterocycles. The van der Waals surface area contributed by atoms with Crippen molar-refractivity contribution in [2.24, 2.45) is 0 Å². The summed E-state index contributed by atoms with van der Waals surface area (Å²) in [6, 6.07) is 10.1. The number of nitrogens with zero attached hydrogens (tertiary/aromatic N) is 2. The Bertz CT molecular complexity index is 1290. The van der Waals surface area contributed by atoms with Crippen molar-refractivity contribution in [3.63, 3.8) is 0 Å². The molecule has 1 aliphatic carbocycles. The van der Waals surface area contributed by atoms with Gasteiger partial charge in [-0.15, -0.1) is 0 Å². The Labute approximate surface area is 265 Å². The van der Waals surface area contributed by atoms with Crippen LogP contribution in [0.25, 0.3) is 0 Å². The van der Waals surface area contributed by atoms with Crippen LogP contribution in [0.15, 0.2) is 36.4 Å². The van der Waals surface area contributed by atoms with Gasteiger partial charge >= 0.3 is 0 Å². The molecular weight excluding hydrogens is 576 g/mol. The molecular formula is C33H46N6O6. The second-order valence-electron chi connectivity index (χ2n) is 11.0. The zero-order chi connectivity index (χ0) is 31.9. The van der Waals surface area contributed by atoms with Crippen molar-refractivity contribution in [3.8, 4) is 0 Å². The normalized spacial score (nSPS) is 16.6. The molecule has 5 rings (SSSR count). The molecule has 2 fully saturated rings. The summed E-state index contributed by atoms with van der Waals surface area (Å²) in [6.07, 6.45) is 1.83. The van der Waals surface area contributed by atoms with Crippen molar-refractivity contribution >= 4 is 35.1 Å². The monoisotopic (exact) mass is 622 g/mol. The molecule has 12 heteroatoms. The van der Waals surface area contributed by atoms with Crippen LogP contribution < -0.4 is 21.3 Å². The molecule has 12 nitrogen and oxygen atoms in total. The van der Waals surface area contributed by atoms with Crippen LogP contribution in [0.1, 0.15) is 44.7 Å². The van der Waals surface area contributed by atoms with E-state index in [0.717, 1.165) is 91.6 Å². The van der Waals surface area contributed by atoms with Crippen LogP contribution in [0.4, 0.5) is 11.4 Å². The molecule has 2 aromatic rings. The van der Waals surface area contributed by atoms with Gasteiger partial charge in [-0.3, -0.25) is 24.2 Å². The number of carbonyl (C=O) groups excluding carboxylic acids is 4. The van der Waals surface area contributed by atoms with Gasteiger partial charge in [0.15, 0.2) is 11.6 Å². The highest BCUT2D eigenvalue weighted by Crippen LogP contribution is 2.35. The molecule has 1 amide bonds. The van der Waals surface area contributed by atoms with Crippen molar-refractivity contribution in [2.75, 3.05) is 110 Å². The SMILES string of the molecule is CNc1cccc2c1C(=O)c1cccc(NC(=O)CCNCCN3CCOCC3)c1C2=O.O=CCCNCCN1CCOCC1. The smallest absolute Gasteiger partial charge is 0.225 e. The van der Waals surface area contributed by atoms with Gasteiger partial charge in [0.1, 0.15) is 6.29 Å². The number of amides is 1. The fourth-order valence-electron chi connectivity index (χ4n) is 5.50. The highest BCUT2D eigenvalue weighted by Gasteiger charge is 2.33. The van der Waals surface area contributed by atoms with E-state index in [0.29, 0.717) is 41.0 Å². The van der Waals surface area contributed by atoms with Crippen molar-refractivity contribution in [2.45, 2.75) is 12.8 Å². The number of hydrogen-bond acceptors (Lipinski definition) is 11. The number of fused-ring (bicyclic) bond motifs is 2. The third-order valence-electron chi connectivity index (χ3n) is 8.00. The van der Waals surface area contributed by atoms with Crippen LogP contribution >= 0.6 is 0 Å². The van der Waals surface area contributed by atoms with E-state index < -0.39 is 0 Å². The first-order valence-electron chi connectivity index (χ1n) is 15.8. The average Bonchev–Trinajstić information content (AvgIpc) is 3.08. The largest absolute Gasteiger partial charge is 0.388 e. The molecule has 0 atom stereocenters. The van der Waals surface area contributed by atoms with Gasteiger partial charge in [0.05, 0.1) is 43.2 Å². The Kier molecular flexibility index (Phi) is 14.1. The van der Waals surface area contributed by atoms with Gasteiger partial charge in [0.2, 0.25) is 5.91 Å². The number of nitrogens with one attached hydrogen (secondary N) is 4. The van der Waals surface area contributed by atoms with Gasteiger partial charge in [-0.05, 0) is 12.1 Å². The third-order valence-corrected chi connectivity index (χ3v) is 8.00. The number of anilines is 2. The summed E-state index contributed by atoms with van der Waals surface area (Å²) in [6.45, 7) is 12.3. The van der Waals surface area contributed by atoms with E-state index in [1.165, 1.54) is 0 Å². The van der Waals surface area contributed by atoms with Crippen LogP contribution in [-0.2, 0) is 19.1 Å². The molecule has 0 spiro atoms. The number of ether oxygens (including phenoxy) is 2. The lowest BCUT2D eigenvalue weighted by molar-refractivity contribution is -0.116. The van der Waals surface area contributed by atoms with Gasteiger partial charge in [0, 0.05) is 102 Å². The Morgan fingerprint density at radius 3 is 1.80 bits per heavy atom. The fourth-order valence-corrected chi connectivity index (χ4v) is 5.50. The standard InChI is InChI=1S/C24H28N4O4.C9H18N2O2/c1-25-18-6-2-4-16-21(18)23(30)17-5-3-7-19(22(17)24(16)31)27-20(29)8-9-26-10-11-28-12-14-32-15-13-28;12-7-1-2-10-3-4-11-5-8-13-9-6-11/h2-7,25-26H,8-15H2,1H3,(H,27,29);7,10H,1-6,8-9H2. The predicted octanol–water partition coefficient (Wildman–Crippen LogP) is 1.25. The average molecular weight is 623 g/mol. The quantitative estimate of drug-likeness (QED) is 0.153. The van der Waals surface area contributed by atoms with E-state index >= 15 is 0 Å². The topological polar surface area (TPSA) is 141 Å². The zero-order valence-electron chi connectivity index (χ0n) is 26.2. The maximum Gasteiger partial charge on any atom is 0.225 e. The number of ketones is 2. The molecule has 2 aromatic carbocycles. The summed E-state index contributed by atoms with van der Waals surface area (Å²) < 4.78 is 10.6. The van der Waals surface area contributed by atoms with E-state index in [2.05, 4.69) is 31.1 Å². The molecule has 3 aliphatic rings. The first-order chi connectivity index (χ1) is 22.0. The summed E-state index contributed by atoms with van der Waals surface area (Å²) in [5.74, 6) is -0.682. The molecule has 2 heterocycles. The van der Waals surface area contributed by atoms with Crippen LogP contribution in [0.2, 0.25) is 0 Å². The zero-order valence-corrected chi connectivity index (χ0v) is 26.2. The van der Waals surface area contributed by atoms with Gasteiger partial charge in [0.25, 0.3) is 0 Å². The molecule has 0 aromatic heterocycles. The van der Waals surface area contributed by atoms with E-state index in [4.69, 9.17) is 9.47 Å². The molecule has 2 aliphatic heterocycles. The molecule has 4 N–H and O–H groups in total. The minimum Gasteiger partial charge on any atom is -0.388 e. The number of rotatable bonds is 14. The Morgan fingerprint density at radius 2 is 1.27 bits per heavy atom. The third kappa shape index (κ3) is 9.98. The molecule has 244 valence electrons. The highest BCUT2D eigenvalue weighted by atomic mass is 16.5. The molecule has 0 saturated carbocycles. The summed E-state index contributed by atoms with van der Waals surface area (Å²) in [7, 11) is 1.72. The molecule has 45 heavy (non-hydrogen) atoms.